The Balaban J connectivity index is 1.70. The van der Waals surface area contributed by atoms with Gasteiger partial charge in [-0.25, -0.2) is 4.98 Å². The molecule has 0 saturated carbocycles. The molecule has 27 heavy (non-hydrogen) atoms. The quantitative estimate of drug-likeness (QED) is 0.562. The Morgan fingerprint density at radius 2 is 1.70 bits per heavy atom. The topological polar surface area (TPSA) is 46.9 Å². The van der Waals surface area contributed by atoms with Crippen LogP contribution >= 0.6 is 0 Å². The normalized spacial score (nSPS) is 10.9. The van der Waals surface area contributed by atoms with Crippen molar-refractivity contribution in [3.05, 3.63) is 83.9 Å². The largest absolute Gasteiger partial charge is 0.325 e. The van der Waals surface area contributed by atoms with Crippen molar-refractivity contribution in [1.82, 2.24) is 9.55 Å². The molecule has 0 bridgehead atoms. The fourth-order valence-corrected chi connectivity index (χ4v) is 3.22. The van der Waals surface area contributed by atoms with E-state index >= 15 is 0 Å². The van der Waals surface area contributed by atoms with E-state index in [0.29, 0.717) is 0 Å². The molecule has 4 nitrogen and oxygen atoms in total. The van der Waals surface area contributed by atoms with Crippen molar-refractivity contribution in [2.24, 2.45) is 0 Å². The molecule has 0 saturated heterocycles. The number of benzene rings is 3. The second-order valence-electron chi connectivity index (χ2n) is 6.79. The Bertz CT molecular complexity index is 1110. The van der Waals surface area contributed by atoms with Gasteiger partial charge in [0.1, 0.15) is 12.4 Å². The van der Waals surface area contributed by atoms with E-state index in [2.05, 4.69) is 24.4 Å². The molecule has 0 unspecified atom stereocenters. The number of carbonyl (C=O) groups is 1. The minimum Gasteiger partial charge on any atom is -0.325 e. The molecular formula is C23H21N3O. The molecule has 1 heterocycles. The molecule has 0 atom stereocenters. The van der Waals surface area contributed by atoms with E-state index in [9.17, 15) is 4.79 Å². The maximum atomic E-state index is 12.7. The highest BCUT2D eigenvalue weighted by Gasteiger charge is 2.15. The van der Waals surface area contributed by atoms with Crippen LogP contribution in [-0.2, 0) is 11.3 Å². The van der Waals surface area contributed by atoms with Crippen molar-refractivity contribution in [2.45, 2.75) is 20.4 Å². The zero-order valence-electron chi connectivity index (χ0n) is 15.4. The number of fused-ring (bicyclic) bond motifs is 1. The summed E-state index contributed by atoms with van der Waals surface area (Å²) in [6, 6.07) is 23.9. The van der Waals surface area contributed by atoms with Crippen LogP contribution in [0.2, 0.25) is 0 Å². The highest BCUT2D eigenvalue weighted by Crippen LogP contribution is 2.25. The SMILES string of the molecule is Cc1ccc(NC(=O)Cn2c(-c3cccc(C)c3)nc3ccccc32)cc1. The molecule has 1 aromatic heterocycles. The van der Waals surface area contributed by atoms with Crippen molar-refractivity contribution in [3.63, 3.8) is 0 Å². The molecule has 4 rings (SSSR count). The average molecular weight is 355 g/mol. The van der Waals surface area contributed by atoms with Gasteiger partial charge in [0.2, 0.25) is 5.91 Å². The van der Waals surface area contributed by atoms with Crippen molar-refractivity contribution in [2.75, 3.05) is 5.32 Å². The van der Waals surface area contributed by atoms with Gasteiger partial charge < -0.3 is 9.88 Å². The molecule has 4 heteroatoms. The van der Waals surface area contributed by atoms with Crippen LogP contribution in [0.1, 0.15) is 11.1 Å². The summed E-state index contributed by atoms with van der Waals surface area (Å²) in [4.78, 5) is 17.5. The van der Waals surface area contributed by atoms with Crippen molar-refractivity contribution >= 4 is 22.6 Å². The fourth-order valence-electron chi connectivity index (χ4n) is 3.22. The first kappa shape index (κ1) is 17.0. The first-order valence-corrected chi connectivity index (χ1v) is 8.99. The van der Waals surface area contributed by atoms with Crippen LogP contribution < -0.4 is 5.32 Å². The third kappa shape index (κ3) is 3.60. The summed E-state index contributed by atoms with van der Waals surface area (Å²) in [5.74, 6) is 0.731. The van der Waals surface area contributed by atoms with E-state index < -0.39 is 0 Å². The molecule has 1 amide bonds. The minimum atomic E-state index is -0.0732. The van der Waals surface area contributed by atoms with Crippen LogP contribution in [0.15, 0.2) is 72.8 Å². The molecular weight excluding hydrogens is 334 g/mol. The summed E-state index contributed by atoms with van der Waals surface area (Å²) in [7, 11) is 0. The maximum Gasteiger partial charge on any atom is 0.244 e. The summed E-state index contributed by atoms with van der Waals surface area (Å²) in [6.07, 6.45) is 0. The third-order valence-electron chi connectivity index (χ3n) is 4.57. The van der Waals surface area contributed by atoms with Crippen LogP contribution in [0.25, 0.3) is 22.4 Å². The van der Waals surface area contributed by atoms with Crippen molar-refractivity contribution < 1.29 is 4.79 Å². The van der Waals surface area contributed by atoms with Gasteiger partial charge in [0.15, 0.2) is 0 Å². The monoisotopic (exact) mass is 355 g/mol. The predicted molar refractivity (Wildman–Crippen MR) is 110 cm³/mol. The number of hydrogen-bond acceptors (Lipinski definition) is 2. The van der Waals surface area contributed by atoms with E-state index in [0.717, 1.165) is 39.2 Å². The first-order chi connectivity index (χ1) is 13.1. The lowest BCUT2D eigenvalue weighted by atomic mass is 10.1. The van der Waals surface area contributed by atoms with Crippen LogP contribution in [0.3, 0.4) is 0 Å². The van der Waals surface area contributed by atoms with Gasteiger partial charge in [-0.05, 0) is 44.2 Å². The maximum absolute atomic E-state index is 12.7. The van der Waals surface area contributed by atoms with E-state index in [1.54, 1.807) is 0 Å². The smallest absolute Gasteiger partial charge is 0.244 e. The first-order valence-electron chi connectivity index (χ1n) is 8.99. The van der Waals surface area contributed by atoms with E-state index in [4.69, 9.17) is 4.98 Å². The lowest BCUT2D eigenvalue weighted by Crippen LogP contribution is -2.19. The highest BCUT2D eigenvalue weighted by atomic mass is 16.1. The number of anilines is 1. The van der Waals surface area contributed by atoms with Gasteiger partial charge in [-0.2, -0.15) is 0 Å². The van der Waals surface area contributed by atoms with Gasteiger partial charge in [0, 0.05) is 11.3 Å². The number of aryl methyl sites for hydroxylation is 2. The second kappa shape index (κ2) is 7.08. The van der Waals surface area contributed by atoms with E-state index in [-0.39, 0.29) is 12.5 Å². The summed E-state index contributed by atoms with van der Waals surface area (Å²) < 4.78 is 1.98. The van der Waals surface area contributed by atoms with Gasteiger partial charge in [-0.15, -0.1) is 0 Å². The molecule has 0 aliphatic rings. The summed E-state index contributed by atoms with van der Waals surface area (Å²) in [6.45, 7) is 4.29. The van der Waals surface area contributed by atoms with Gasteiger partial charge in [0.05, 0.1) is 11.0 Å². The van der Waals surface area contributed by atoms with Crippen LogP contribution in [0, 0.1) is 13.8 Å². The number of carbonyl (C=O) groups excluding carboxylic acids is 1. The average Bonchev–Trinajstić information content (AvgIpc) is 3.02. The van der Waals surface area contributed by atoms with Gasteiger partial charge in [0.25, 0.3) is 0 Å². The van der Waals surface area contributed by atoms with Crippen LogP contribution in [0.4, 0.5) is 5.69 Å². The second-order valence-corrected chi connectivity index (χ2v) is 6.79. The number of amides is 1. The Kier molecular flexibility index (Phi) is 4.47. The number of nitrogens with zero attached hydrogens (tertiary/aromatic N) is 2. The summed E-state index contributed by atoms with van der Waals surface area (Å²) in [5, 5.41) is 2.97. The van der Waals surface area contributed by atoms with Crippen LogP contribution in [0.5, 0.6) is 0 Å². The Hall–Kier alpha value is -3.40. The number of para-hydroxylation sites is 2. The summed E-state index contributed by atoms with van der Waals surface area (Å²) in [5.41, 5.74) is 5.97. The van der Waals surface area contributed by atoms with Gasteiger partial charge in [-0.3, -0.25) is 4.79 Å². The Morgan fingerprint density at radius 1 is 0.926 bits per heavy atom. The Labute approximate surface area is 158 Å². The zero-order chi connectivity index (χ0) is 18.8. The highest BCUT2D eigenvalue weighted by molar-refractivity contribution is 5.92. The molecule has 3 aromatic carbocycles. The molecule has 0 fully saturated rings. The fraction of sp³-hybridized carbons (Fsp3) is 0.130. The van der Waals surface area contributed by atoms with Gasteiger partial charge >= 0.3 is 0 Å². The number of hydrogen-bond donors (Lipinski definition) is 1. The minimum absolute atomic E-state index is 0.0732. The molecule has 134 valence electrons. The molecule has 0 aliphatic heterocycles. The number of aromatic nitrogens is 2. The lowest BCUT2D eigenvalue weighted by Gasteiger charge is -2.11. The zero-order valence-corrected chi connectivity index (χ0v) is 15.4. The molecule has 0 spiro atoms. The molecule has 0 radical (unpaired) electrons. The third-order valence-corrected chi connectivity index (χ3v) is 4.57. The molecule has 0 aliphatic carbocycles. The van der Waals surface area contributed by atoms with Crippen molar-refractivity contribution in [1.29, 1.82) is 0 Å². The predicted octanol–water partition coefficient (Wildman–Crippen LogP) is 4.96. The number of nitrogens with one attached hydrogen (secondary N) is 1. The summed E-state index contributed by atoms with van der Waals surface area (Å²) >= 11 is 0. The number of imidazole rings is 1. The standard InChI is InChI=1S/C23H21N3O/c1-16-10-12-19(13-11-16)24-22(27)15-26-21-9-4-3-8-20(21)25-23(26)18-7-5-6-17(2)14-18/h3-14H,15H2,1-2H3,(H,24,27). The molecule has 1 N–H and O–H groups in total. The number of rotatable bonds is 4. The Morgan fingerprint density at radius 3 is 2.48 bits per heavy atom. The van der Waals surface area contributed by atoms with Crippen molar-refractivity contribution in [3.8, 4) is 11.4 Å². The van der Waals surface area contributed by atoms with E-state index in [1.165, 1.54) is 0 Å². The van der Waals surface area contributed by atoms with Crippen LogP contribution in [-0.4, -0.2) is 15.5 Å². The van der Waals surface area contributed by atoms with E-state index in [1.807, 2.05) is 72.2 Å². The lowest BCUT2D eigenvalue weighted by molar-refractivity contribution is -0.116. The van der Waals surface area contributed by atoms with Gasteiger partial charge in [-0.1, -0.05) is 53.6 Å². The molecule has 4 aromatic rings.